The maximum Gasteiger partial charge on any atom is 0.224 e. The fraction of sp³-hybridized carbons (Fsp3) is 0.273. The first-order valence-electron chi connectivity index (χ1n) is 9.90. The number of aromatic nitrogens is 4. The molecule has 4 heterocycles. The maximum atomic E-state index is 10.9. The van der Waals surface area contributed by atoms with Gasteiger partial charge in [-0.2, -0.15) is 0 Å². The van der Waals surface area contributed by atoms with Gasteiger partial charge < -0.3 is 15.2 Å². The number of aliphatic hydroxyl groups excluding tert-OH is 1. The standard InChI is InChI=1S/C22H24N6O2S/c1-13-11-17-20(31-13)19(21(29)24-12-15-7-6-9-18(26-15)30-3)28-22(27-17)25-14(2)16-8-4-5-10-23-16/h4-11,14,21,24,29H,12H2,1-3H3,(H,25,27,28). The summed E-state index contributed by atoms with van der Waals surface area (Å²) in [6.07, 6.45) is 0.771. The third kappa shape index (κ3) is 4.96. The second kappa shape index (κ2) is 9.34. The van der Waals surface area contributed by atoms with Crippen molar-refractivity contribution in [3.63, 3.8) is 0 Å². The molecule has 8 nitrogen and oxygen atoms in total. The monoisotopic (exact) mass is 436 g/mol. The minimum absolute atomic E-state index is 0.0858. The number of hydrogen-bond donors (Lipinski definition) is 3. The second-order valence-electron chi connectivity index (χ2n) is 7.08. The molecule has 0 saturated heterocycles. The lowest BCUT2D eigenvalue weighted by atomic mass is 10.2. The zero-order chi connectivity index (χ0) is 21.8. The lowest BCUT2D eigenvalue weighted by Crippen LogP contribution is -2.23. The Bertz CT molecular complexity index is 1170. The number of anilines is 1. The molecule has 4 aromatic rings. The van der Waals surface area contributed by atoms with E-state index in [9.17, 15) is 5.11 Å². The molecule has 0 aliphatic heterocycles. The fourth-order valence-corrected chi connectivity index (χ4v) is 4.15. The molecule has 9 heteroatoms. The SMILES string of the molecule is COc1cccc(CNC(O)c2nc(NC(C)c3ccccn3)nc3cc(C)sc23)n1. The van der Waals surface area contributed by atoms with Crippen LogP contribution in [-0.4, -0.2) is 32.2 Å². The van der Waals surface area contributed by atoms with E-state index in [0.717, 1.165) is 26.5 Å². The predicted molar refractivity (Wildman–Crippen MR) is 121 cm³/mol. The smallest absolute Gasteiger partial charge is 0.224 e. The fourth-order valence-electron chi connectivity index (χ4n) is 3.19. The third-order valence-corrected chi connectivity index (χ3v) is 5.79. The highest BCUT2D eigenvalue weighted by Crippen LogP contribution is 2.30. The summed E-state index contributed by atoms with van der Waals surface area (Å²) in [5.41, 5.74) is 2.97. The first kappa shape index (κ1) is 21.1. The molecule has 0 aliphatic rings. The number of thiophene rings is 1. The number of hydrogen-bond acceptors (Lipinski definition) is 9. The van der Waals surface area contributed by atoms with Gasteiger partial charge in [-0.1, -0.05) is 12.1 Å². The van der Waals surface area contributed by atoms with Crippen LogP contribution in [0.5, 0.6) is 5.88 Å². The van der Waals surface area contributed by atoms with Crippen LogP contribution in [0, 0.1) is 6.92 Å². The van der Waals surface area contributed by atoms with Crippen LogP contribution in [0.4, 0.5) is 5.95 Å². The molecule has 2 atom stereocenters. The first-order valence-corrected chi connectivity index (χ1v) is 10.7. The molecule has 0 radical (unpaired) electrons. The van der Waals surface area contributed by atoms with Gasteiger partial charge in [-0.3, -0.25) is 10.3 Å². The van der Waals surface area contributed by atoms with E-state index in [2.05, 4.69) is 30.6 Å². The van der Waals surface area contributed by atoms with Crippen LogP contribution in [0.15, 0.2) is 48.7 Å². The third-order valence-electron chi connectivity index (χ3n) is 4.72. The van der Waals surface area contributed by atoms with Gasteiger partial charge in [0, 0.05) is 23.7 Å². The number of nitrogens with one attached hydrogen (secondary N) is 2. The molecule has 0 spiro atoms. The molecule has 31 heavy (non-hydrogen) atoms. The van der Waals surface area contributed by atoms with E-state index < -0.39 is 6.23 Å². The van der Waals surface area contributed by atoms with Crippen LogP contribution in [0.3, 0.4) is 0 Å². The summed E-state index contributed by atoms with van der Waals surface area (Å²) in [5.74, 6) is 0.973. The van der Waals surface area contributed by atoms with Crippen LogP contribution in [0.2, 0.25) is 0 Å². The molecule has 0 fully saturated rings. The Kier molecular flexibility index (Phi) is 6.36. The predicted octanol–water partition coefficient (Wildman–Crippen LogP) is 3.75. The second-order valence-corrected chi connectivity index (χ2v) is 8.34. The van der Waals surface area contributed by atoms with Crippen molar-refractivity contribution in [2.75, 3.05) is 12.4 Å². The molecule has 0 amide bonds. The number of aryl methyl sites for hydroxylation is 1. The average molecular weight is 437 g/mol. The summed E-state index contributed by atoms with van der Waals surface area (Å²) in [5, 5.41) is 17.3. The van der Waals surface area contributed by atoms with Crippen molar-refractivity contribution in [2.45, 2.75) is 32.7 Å². The topological polar surface area (TPSA) is 105 Å². The maximum absolute atomic E-state index is 10.9. The molecular weight excluding hydrogens is 412 g/mol. The Morgan fingerprint density at radius 2 is 2.00 bits per heavy atom. The lowest BCUT2D eigenvalue weighted by Gasteiger charge is -2.17. The quantitative estimate of drug-likeness (QED) is 0.359. The van der Waals surface area contributed by atoms with Crippen molar-refractivity contribution in [1.82, 2.24) is 25.3 Å². The van der Waals surface area contributed by atoms with Gasteiger partial charge in [-0.25, -0.2) is 15.0 Å². The summed E-state index contributed by atoms with van der Waals surface area (Å²) < 4.78 is 6.02. The molecule has 2 unspecified atom stereocenters. The van der Waals surface area contributed by atoms with Crippen molar-refractivity contribution in [1.29, 1.82) is 0 Å². The zero-order valence-electron chi connectivity index (χ0n) is 17.5. The number of aliphatic hydroxyl groups is 1. The Balaban J connectivity index is 1.58. The van der Waals surface area contributed by atoms with Gasteiger partial charge in [0.15, 0.2) is 0 Å². The molecule has 0 bridgehead atoms. The molecule has 3 N–H and O–H groups in total. The average Bonchev–Trinajstić information content (AvgIpc) is 3.17. The van der Waals surface area contributed by atoms with E-state index >= 15 is 0 Å². The number of nitrogens with zero attached hydrogens (tertiary/aromatic N) is 4. The summed E-state index contributed by atoms with van der Waals surface area (Å²) in [7, 11) is 1.58. The van der Waals surface area contributed by atoms with E-state index in [1.807, 2.05) is 50.2 Å². The molecule has 0 aromatic carbocycles. The van der Waals surface area contributed by atoms with E-state index in [1.54, 1.807) is 30.7 Å². The largest absolute Gasteiger partial charge is 0.481 e. The lowest BCUT2D eigenvalue weighted by molar-refractivity contribution is 0.134. The summed E-state index contributed by atoms with van der Waals surface area (Å²) in [4.78, 5) is 19.1. The van der Waals surface area contributed by atoms with Crippen LogP contribution in [-0.2, 0) is 6.54 Å². The van der Waals surface area contributed by atoms with Crippen molar-refractivity contribution in [2.24, 2.45) is 0 Å². The van der Waals surface area contributed by atoms with Crippen LogP contribution in [0.25, 0.3) is 10.2 Å². The van der Waals surface area contributed by atoms with Gasteiger partial charge >= 0.3 is 0 Å². The van der Waals surface area contributed by atoms with Gasteiger partial charge in [0.1, 0.15) is 11.9 Å². The highest BCUT2D eigenvalue weighted by Gasteiger charge is 2.19. The van der Waals surface area contributed by atoms with E-state index in [1.165, 1.54) is 0 Å². The van der Waals surface area contributed by atoms with Crippen molar-refractivity contribution in [3.8, 4) is 5.88 Å². The van der Waals surface area contributed by atoms with Gasteiger partial charge in [-0.05, 0) is 38.1 Å². The minimum atomic E-state index is -0.984. The zero-order valence-corrected chi connectivity index (χ0v) is 18.3. The number of ether oxygens (including phenoxy) is 1. The van der Waals surface area contributed by atoms with Crippen molar-refractivity contribution in [3.05, 3.63) is 70.6 Å². The van der Waals surface area contributed by atoms with Crippen molar-refractivity contribution >= 4 is 27.5 Å². The van der Waals surface area contributed by atoms with Crippen LogP contribution in [0.1, 0.15) is 41.2 Å². The van der Waals surface area contributed by atoms with Gasteiger partial charge in [-0.15, -0.1) is 11.3 Å². The highest BCUT2D eigenvalue weighted by molar-refractivity contribution is 7.19. The minimum Gasteiger partial charge on any atom is -0.481 e. The summed E-state index contributed by atoms with van der Waals surface area (Å²) >= 11 is 1.56. The normalized spacial score (nSPS) is 13.2. The van der Waals surface area contributed by atoms with E-state index in [0.29, 0.717) is 24.1 Å². The van der Waals surface area contributed by atoms with Gasteiger partial charge in [0.05, 0.1) is 34.8 Å². The van der Waals surface area contributed by atoms with Crippen molar-refractivity contribution < 1.29 is 9.84 Å². The number of fused-ring (bicyclic) bond motifs is 1. The molecule has 4 aromatic heterocycles. The molecule has 0 saturated carbocycles. The Morgan fingerprint density at radius 1 is 1.13 bits per heavy atom. The Hall–Kier alpha value is -3.14. The summed E-state index contributed by atoms with van der Waals surface area (Å²) in [6.45, 7) is 4.37. The van der Waals surface area contributed by atoms with Gasteiger partial charge in [0.25, 0.3) is 0 Å². The molecule has 4 rings (SSSR count). The molecule has 160 valence electrons. The Morgan fingerprint density at radius 3 is 2.77 bits per heavy atom. The Labute approximate surface area is 184 Å². The highest BCUT2D eigenvalue weighted by atomic mass is 32.1. The van der Waals surface area contributed by atoms with Crippen LogP contribution >= 0.6 is 11.3 Å². The molecular formula is C22H24N6O2S. The number of rotatable bonds is 8. The van der Waals surface area contributed by atoms with Gasteiger partial charge in [0.2, 0.25) is 11.8 Å². The molecule has 0 aliphatic carbocycles. The summed E-state index contributed by atoms with van der Waals surface area (Å²) in [6, 6.07) is 13.2. The van der Waals surface area contributed by atoms with Crippen LogP contribution < -0.4 is 15.4 Å². The van der Waals surface area contributed by atoms with E-state index in [4.69, 9.17) is 4.74 Å². The number of methoxy groups -OCH3 is 1. The van der Waals surface area contributed by atoms with E-state index in [-0.39, 0.29) is 6.04 Å². The number of pyridine rings is 2. The first-order chi connectivity index (χ1) is 15.0.